The molecule has 2 amide bonds. The van der Waals surface area contributed by atoms with Crippen molar-refractivity contribution in [2.45, 2.75) is 30.3 Å². The van der Waals surface area contributed by atoms with Gasteiger partial charge in [0.15, 0.2) is 0 Å². The molecule has 1 aliphatic heterocycles. The molecule has 2 aromatic rings. The van der Waals surface area contributed by atoms with Crippen molar-refractivity contribution >= 4 is 35.3 Å². The van der Waals surface area contributed by atoms with Crippen LogP contribution in [0.1, 0.15) is 30.6 Å². The number of hydrogen-bond donors (Lipinski definition) is 2. The van der Waals surface area contributed by atoms with E-state index in [9.17, 15) is 9.59 Å². The Balaban J connectivity index is 1.36. The van der Waals surface area contributed by atoms with E-state index in [-0.39, 0.29) is 24.8 Å². The minimum Gasteiger partial charge on any atom is -0.465 e. The lowest BCUT2D eigenvalue weighted by Crippen LogP contribution is -2.26. The van der Waals surface area contributed by atoms with E-state index in [0.29, 0.717) is 11.0 Å². The van der Waals surface area contributed by atoms with Crippen LogP contribution in [0.25, 0.3) is 6.08 Å². The number of carbonyl (C=O) groups excluding carboxylic acids is 2. The molecule has 1 aromatic carbocycles. The van der Waals surface area contributed by atoms with Gasteiger partial charge in [0.25, 0.3) is 0 Å². The van der Waals surface area contributed by atoms with Crippen LogP contribution in [0.15, 0.2) is 53.2 Å². The SMILES string of the molecule is O=C(/C=C/c1ccco1)NCCC(=O)Nc1cccc(CSC2CCOCC2)c1. The number of benzene rings is 1. The van der Waals surface area contributed by atoms with E-state index in [2.05, 4.69) is 16.7 Å². The fourth-order valence-corrected chi connectivity index (χ4v) is 4.05. The number of nitrogens with one attached hydrogen (secondary N) is 2. The minimum atomic E-state index is -0.263. The lowest BCUT2D eigenvalue weighted by atomic mass is 10.2. The molecule has 0 aliphatic carbocycles. The van der Waals surface area contributed by atoms with Crippen LogP contribution in [0.2, 0.25) is 0 Å². The lowest BCUT2D eigenvalue weighted by Gasteiger charge is -2.21. The molecule has 2 N–H and O–H groups in total. The average molecular weight is 415 g/mol. The summed E-state index contributed by atoms with van der Waals surface area (Å²) in [5.41, 5.74) is 1.97. The second kappa shape index (κ2) is 11.5. The van der Waals surface area contributed by atoms with Gasteiger partial charge >= 0.3 is 0 Å². The fraction of sp³-hybridized carbons (Fsp3) is 0.364. The monoisotopic (exact) mass is 414 g/mol. The predicted octanol–water partition coefficient (Wildman–Crippen LogP) is 3.85. The van der Waals surface area contributed by atoms with Crippen molar-refractivity contribution in [1.29, 1.82) is 0 Å². The first-order valence-electron chi connectivity index (χ1n) is 9.76. The van der Waals surface area contributed by atoms with Crippen molar-refractivity contribution in [2.75, 3.05) is 25.1 Å². The van der Waals surface area contributed by atoms with Gasteiger partial charge in [-0.1, -0.05) is 12.1 Å². The number of furan rings is 1. The van der Waals surface area contributed by atoms with Gasteiger partial charge in [-0.3, -0.25) is 9.59 Å². The summed E-state index contributed by atoms with van der Waals surface area (Å²) in [5, 5.41) is 6.23. The van der Waals surface area contributed by atoms with Gasteiger partial charge in [0, 0.05) is 48.9 Å². The van der Waals surface area contributed by atoms with Gasteiger partial charge in [-0.05, 0) is 48.7 Å². The Hall–Kier alpha value is -2.51. The lowest BCUT2D eigenvalue weighted by molar-refractivity contribution is -0.117. The summed E-state index contributed by atoms with van der Waals surface area (Å²) < 4.78 is 10.5. The Morgan fingerprint density at radius 3 is 2.83 bits per heavy atom. The van der Waals surface area contributed by atoms with Crippen LogP contribution in [0, 0.1) is 0 Å². The molecule has 7 heteroatoms. The Labute approximate surface area is 175 Å². The number of hydrogen-bond acceptors (Lipinski definition) is 5. The van der Waals surface area contributed by atoms with Gasteiger partial charge in [0.05, 0.1) is 6.26 Å². The van der Waals surface area contributed by atoms with Crippen LogP contribution in [0.3, 0.4) is 0 Å². The summed E-state index contributed by atoms with van der Waals surface area (Å²) in [7, 11) is 0. The number of carbonyl (C=O) groups is 2. The molecule has 1 aromatic heterocycles. The molecule has 0 atom stereocenters. The normalized spacial score (nSPS) is 14.8. The van der Waals surface area contributed by atoms with E-state index in [1.807, 2.05) is 30.0 Å². The topological polar surface area (TPSA) is 80.6 Å². The first-order chi connectivity index (χ1) is 14.2. The summed E-state index contributed by atoms with van der Waals surface area (Å²) in [6, 6.07) is 11.4. The first-order valence-corrected chi connectivity index (χ1v) is 10.8. The highest BCUT2D eigenvalue weighted by atomic mass is 32.2. The van der Waals surface area contributed by atoms with Crippen LogP contribution in [0.5, 0.6) is 0 Å². The highest BCUT2D eigenvalue weighted by molar-refractivity contribution is 7.99. The predicted molar refractivity (Wildman–Crippen MR) is 116 cm³/mol. The van der Waals surface area contributed by atoms with E-state index in [4.69, 9.17) is 9.15 Å². The van der Waals surface area contributed by atoms with Gasteiger partial charge in [-0.15, -0.1) is 0 Å². The summed E-state index contributed by atoms with van der Waals surface area (Å²) in [4.78, 5) is 23.9. The van der Waals surface area contributed by atoms with E-state index < -0.39 is 0 Å². The molecule has 0 spiro atoms. The maximum Gasteiger partial charge on any atom is 0.244 e. The third-order valence-electron chi connectivity index (χ3n) is 4.46. The zero-order chi connectivity index (χ0) is 20.3. The largest absolute Gasteiger partial charge is 0.465 e. The van der Waals surface area contributed by atoms with Crippen LogP contribution in [-0.4, -0.2) is 36.8 Å². The summed E-state index contributed by atoms with van der Waals surface area (Å²) in [5.74, 6) is 1.13. The molecule has 2 heterocycles. The van der Waals surface area contributed by atoms with E-state index >= 15 is 0 Å². The smallest absolute Gasteiger partial charge is 0.244 e. The third kappa shape index (κ3) is 7.79. The first kappa shape index (κ1) is 21.2. The zero-order valence-corrected chi connectivity index (χ0v) is 17.1. The number of ether oxygens (including phenoxy) is 1. The molecular formula is C22H26N2O4S. The molecule has 1 saturated heterocycles. The fourth-order valence-electron chi connectivity index (χ4n) is 2.92. The molecule has 0 bridgehead atoms. The molecule has 154 valence electrons. The summed E-state index contributed by atoms with van der Waals surface area (Å²) in [6.45, 7) is 1.97. The molecule has 0 unspecified atom stereocenters. The van der Waals surface area contributed by atoms with E-state index in [0.717, 1.165) is 37.5 Å². The van der Waals surface area contributed by atoms with Gasteiger partial charge in [0.1, 0.15) is 5.76 Å². The molecule has 0 radical (unpaired) electrons. The number of anilines is 1. The van der Waals surface area contributed by atoms with E-state index in [1.54, 1.807) is 24.5 Å². The molecular weight excluding hydrogens is 388 g/mol. The standard InChI is InChI=1S/C22H26N2O4S/c25-21(7-6-19-5-2-12-28-19)23-11-8-22(26)24-18-4-1-3-17(15-18)16-29-20-9-13-27-14-10-20/h1-7,12,15,20H,8-11,13-14,16H2,(H,23,25)(H,24,26)/b7-6+. The molecule has 29 heavy (non-hydrogen) atoms. The van der Waals surface area contributed by atoms with Crippen LogP contribution in [-0.2, 0) is 20.1 Å². The van der Waals surface area contributed by atoms with Crippen molar-refractivity contribution in [3.8, 4) is 0 Å². The van der Waals surface area contributed by atoms with Crippen molar-refractivity contribution in [3.63, 3.8) is 0 Å². The van der Waals surface area contributed by atoms with Crippen LogP contribution >= 0.6 is 11.8 Å². The molecule has 0 saturated carbocycles. The summed E-state index contributed by atoms with van der Waals surface area (Å²) >= 11 is 1.95. The number of rotatable bonds is 9. The van der Waals surface area contributed by atoms with Crippen molar-refractivity contribution in [2.24, 2.45) is 0 Å². The maximum absolute atomic E-state index is 12.1. The van der Waals surface area contributed by atoms with Crippen molar-refractivity contribution in [1.82, 2.24) is 5.32 Å². The number of thioether (sulfide) groups is 1. The highest BCUT2D eigenvalue weighted by Crippen LogP contribution is 2.26. The maximum atomic E-state index is 12.1. The van der Waals surface area contributed by atoms with Gasteiger partial charge in [-0.2, -0.15) is 11.8 Å². The molecule has 6 nitrogen and oxygen atoms in total. The second-order valence-electron chi connectivity index (χ2n) is 6.76. The quantitative estimate of drug-likeness (QED) is 0.609. The Kier molecular flexibility index (Phi) is 8.40. The Morgan fingerprint density at radius 1 is 1.17 bits per heavy atom. The average Bonchev–Trinajstić information content (AvgIpc) is 3.25. The van der Waals surface area contributed by atoms with Crippen molar-refractivity contribution < 1.29 is 18.7 Å². The molecule has 3 rings (SSSR count). The summed E-state index contributed by atoms with van der Waals surface area (Å²) in [6.07, 6.45) is 6.92. The molecule has 1 fully saturated rings. The van der Waals surface area contributed by atoms with Gasteiger partial charge in [0.2, 0.25) is 11.8 Å². The van der Waals surface area contributed by atoms with Crippen molar-refractivity contribution in [3.05, 3.63) is 60.1 Å². The second-order valence-corrected chi connectivity index (χ2v) is 8.05. The van der Waals surface area contributed by atoms with Crippen LogP contribution < -0.4 is 10.6 Å². The van der Waals surface area contributed by atoms with E-state index in [1.165, 1.54) is 11.6 Å². The minimum absolute atomic E-state index is 0.130. The molecule has 1 aliphatic rings. The van der Waals surface area contributed by atoms with Crippen LogP contribution in [0.4, 0.5) is 5.69 Å². The Morgan fingerprint density at radius 2 is 2.03 bits per heavy atom. The van der Waals surface area contributed by atoms with Gasteiger partial charge < -0.3 is 19.8 Å². The third-order valence-corrected chi connectivity index (χ3v) is 5.90. The zero-order valence-electron chi connectivity index (χ0n) is 16.3. The highest BCUT2D eigenvalue weighted by Gasteiger charge is 2.14. The van der Waals surface area contributed by atoms with Gasteiger partial charge in [-0.25, -0.2) is 0 Å². The number of amides is 2. The Bertz CT molecular complexity index is 814.